The first kappa shape index (κ1) is 13.5. The zero-order valence-electron chi connectivity index (χ0n) is 10.7. The summed E-state index contributed by atoms with van der Waals surface area (Å²) in [5.41, 5.74) is -1.80. The van der Waals surface area contributed by atoms with Crippen molar-refractivity contribution in [3.8, 4) is 5.69 Å². The van der Waals surface area contributed by atoms with Crippen molar-refractivity contribution in [3.63, 3.8) is 0 Å². The minimum absolute atomic E-state index is 0.0125. The van der Waals surface area contributed by atoms with Gasteiger partial charge >= 0.3 is 17.1 Å². The molecule has 0 bridgehead atoms. The molecule has 0 aliphatic heterocycles. The zero-order chi connectivity index (χ0) is 14.7. The van der Waals surface area contributed by atoms with Gasteiger partial charge in [0.05, 0.1) is 12.2 Å². The fraction of sp³-hybridized carbons (Fsp3) is 0.0714. The Labute approximate surface area is 114 Å². The first-order valence-corrected chi connectivity index (χ1v) is 5.89. The molecule has 0 N–H and O–H groups in total. The highest BCUT2D eigenvalue weighted by molar-refractivity contribution is 5.31. The SMILES string of the molecule is C=CCn1c(=O)n(C=C)c(=O)n(-c2ccccc2)c1=O. The Kier molecular flexibility index (Phi) is 3.65. The summed E-state index contributed by atoms with van der Waals surface area (Å²) < 4.78 is 2.63. The normalized spacial score (nSPS) is 10.2. The van der Waals surface area contributed by atoms with Gasteiger partial charge in [0.15, 0.2) is 0 Å². The third-order valence-electron chi connectivity index (χ3n) is 2.77. The molecule has 0 aliphatic rings. The van der Waals surface area contributed by atoms with Crippen LogP contribution in [0.25, 0.3) is 11.9 Å². The first-order valence-electron chi connectivity index (χ1n) is 5.89. The molecule has 2 rings (SSSR count). The van der Waals surface area contributed by atoms with Crippen molar-refractivity contribution >= 4 is 6.20 Å². The lowest BCUT2D eigenvalue weighted by molar-refractivity contribution is 0.598. The molecular weight excluding hydrogens is 258 g/mol. The van der Waals surface area contributed by atoms with Gasteiger partial charge in [-0.25, -0.2) is 28.1 Å². The van der Waals surface area contributed by atoms with Crippen molar-refractivity contribution in [2.24, 2.45) is 0 Å². The van der Waals surface area contributed by atoms with Crippen LogP contribution in [0, 0.1) is 0 Å². The summed E-state index contributed by atoms with van der Waals surface area (Å²) in [5.74, 6) is 0. The number of para-hydroxylation sites is 1. The van der Waals surface area contributed by atoms with Crippen LogP contribution in [0.3, 0.4) is 0 Å². The van der Waals surface area contributed by atoms with Crippen molar-refractivity contribution < 1.29 is 0 Å². The molecule has 0 saturated carbocycles. The highest BCUT2D eigenvalue weighted by Gasteiger charge is 2.14. The number of nitrogens with zero attached hydrogens (tertiary/aromatic N) is 3. The van der Waals surface area contributed by atoms with Crippen molar-refractivity contribution in [1.29, 1.82) is 0 Å². The Balaban J connectivity index is 2.96. The molecule has 20 heavy (non-hydrogen) atoms. The number of aromatic nitrogens is 3. The van der Waals surface area contributed by atoms with Gasteiger partial charge in [-0.2, -0.15) is 0 Å². The Bertz CT molecular complexity index is 825. The third kappa shape index (κ3) is 2.07. The van der Waals surface area contributed by atoms with Crippen LogP contribution >= 0.6 is 0 Å². The van der Waals surface area contributed by atoms with Crippen LogP contribution in [0.4, 0.5) is 0 Å². The summed E-state index contributed by atoms with van der Waals surface area (Å²) >= 11 is 0. The fourth-order valence-electron chi connectivity index (χ4n) is 1.84. The third-order valence-corrected chi connectivity index (χ3v) is 2.77. The molecule has 102 valence electrons. The van der Waals surface area contributed by atoms with Gasteiger partial charge in [0, 0.05) is 6.20 Å². The molecule has 0 aliphatic carbocycles. The maximum Gasteiger partial charge on any atom is 0.345 e. The van der Waals surface area contributed by atoms with E-state index in [0.717, 1.165) is 19.9 Å². The summed E-state index contributed by atoms with van der Waals surface area (Å²) in [6.45, 7) is 6.94. The molecule has 0 atom stereocenters. The maximum absolute atomic E-state index is 12.3. The Morgan fingerprint density at radius 3 is 2.15 bits per heavy atom. The lowest BCUT2D eigenvalue weighted by Gasteiger charge is -2.10. The van der Waals surface area contributed by atoms with E-state index in [1.54, 1.807) is 30.3 Å². The van der Waals surface area contributed by atoms with Crippen LogP contribution in [-0.4, -0.2) is 13.7 Å². The second kappa shape index (κ2) is 5.40. The van der Waals surface area contributed by atoms with Gasteiger partial charge in [-0.1, -0.05) is 30.9 Å². The van der Waals surface area contributed by atoms with E-state index in [9.17, 15) is 14.4 Å². The smallest absolute Gasteiger partial charge is 0.247 e. The average molecular weight is 271 g/mol. The number of benzene rings is 1. The fourth-order valence-corrected chi connectivity index (χ4v) is 1.84. The molecule has 0 unspecified atom stereocenters. The van der Waals surface area contributed by atoms with Gasteiger partial charge in [-0.05, 0) is 12.1 Å². The van der Waals surface area contributed by atoms with E-state index in [0.29, 0.717) is 5.69 Å². The second-order valence-corrected chi connectivity index (χ2v) is 3.97. The Hall–Kier alpha value is -2.89. The number of hydrogen-bond acceptors (Lipinski definition) is 3. The van der Waals surface area contributed by atoms with Crippen LogP contribution in [0.1, 0.15) is 0 Å². The molecule has 0 amide bonds. The molecule has 1 heterocycles. The number of allylic oxidation sites excluding steroid dienone is 1. The summed E-state index contributed by atoms with van der Waals surface area (Å²) in [7, 11) is 0. The minimum Gasteiger partial charge on any atom is -0.247 e. The quantitative estimate of drug-likeness (QED) is 0.758. The first-order chi connectivity index (χ1) is 9.61. The molecule has 1 aromatic heterocycles. The maximum atomic E-state index is 12.3. The molecule has 2 aromatic rings. The van der Waals surface area contributed by atoms with Crippen molar-refractivity contribution in [2.45, 2.75) is 6.54 Å². The lowest BCUT2D eigenvalue weighted by atomic mass is 10.3. The molecule has 0 saturated heterocycles. The molecule has 6 heteroatoms. The molecule has 0 fully saturated rings. The Morgan fingerprint density at radius 2 is 1.60 bits per heavy atom. The van der Waals surface area contributed by atoms with E-state index >= 15 is 0 Å². The average Bonchev–Trinajstić information content (AvgIpc) is 2.45. The number of rotatable bonds is 4. The largest absolute Gasteiger partial charge is 0.345 e. The summed E-state index contributed by atoms with van der Waals surface area (Å²) in [4.78, 5) is 36.5. The second-order valence-electron chi connectivity index (χ2n) is 3.97. The summed E-state index contributed by atoms with van der Waals surface area (Å²) in [5, 5.41) is 0. The van der Waals surface area contributed by atoms with Crippen LogP contribution in [0.5, 0.6) is 0 Å². The van der Waals surface area contributed by atoms with E-state index in [4.69, 9.17) is 0 Å². The van der Waals surface area contributed by atoms with Crippen molar-refractivity contribution in [3.05, 3.63) is 81.0 Å². The molecule has 6 nitrogen and oxygen atoms in total. The predicted octanol–water partition coefficient (Wildman–Crippen LogP) is 0.447. The molecule has 1 aromatic carbocycles. The van der Waals surface area contributed by atoms with Gasteiger partial charge in [0.2, 0.25) is 0 Å². The van der Waals surface area contributed by atoms with Gasteiger partial charge in [0.1, 0.15) is 0 Å². The van der Waals surface area contributed by atoms with Gasteiger partial charge in [0.25, 0.3) is 0 Å². The van der Waals surface area contributed by atoms with Gasteiger partial charge < -0.3 is 0 Å². The predicted molar refractivity (Wildman–Crippen MR) is 77.1 cm³/mol. The highest BCUT2D eigenvalue weighted by atomic mass is 16.2. The molecule has 0 spiro atoms. The van der Waals surface area contributed by atoms with Crippen molar-refractivity contribution in [1.82, 2.24) is 13.7 Å². The standard InChI is InChI=1S/C14H13N3O3/c1-3-10-16-12(18)15(4-2)13(19)17(14(16)20)11-8-6-5-7-9-11/h3-9H,1-2,10H2. The van der Waals surface area contributed by atoms with E-state index in [-0.39, 0.29) is 6.54 Å². The molecular formula is C14H13N3O3. The Morgan fingerprint density at radius 1 is 0.950 bits per heavy atom. The van der Waals surface area contributed by atoms with Crippen LogP contribution < -0.4 is 17.1 Å². The molecule has 0 radical (unpaired) electrons. The summed E-state index contributed by atoms with van der Waals surface area (Å²) in [6.07, 6.45) is 2.50. The van der Waals surface area contributed by atoms with Crippen LogP contribution in [0.15, 0.2) is 63.9 Å². The van der Waals surface area contributed by atoms with Crippen LogP contribution in [-0.2, 0) is 6.54 Å². The lowest BCUT2D eigenvalue weighted by Crippen LogP contribution is -2.52. The number of hydrogen-bond donors (Lipinski definition) is 0. The van der Waals surface area contributed by atoms with Crippen molar-refractivity contribution in [2.75, 3.05) is 0 Å². The van der Waals surface area contributed by atoms with E-state index in [2.05, 4.69) is 13.2 Å². The highest BCUT2D eigenvalue weighted by Crippen LogP contribution is 1.99. The topological polar surface area (TPSA) is 66.0 Å². The van der Waals surface area contributed by atoms with Gasteiger partial charge in [-0.3, -0.25) is 0 Å². The minimum atomic E-state index is -0.749. The monoisotopic (exact) mass is 271 g/mol. The van der Waals surface area contributed by atoms with E-state index in [1.807, 2.05) is 0 Å². The summed E-state index contributed by atoms with van der Waals surface area (Å²) in [6, 6.07) is 8.38. The van der Waals surface area contributed by atoms with Crippen LogP contribution in [0.2, 0.25) is 0 Å². The van der Waals surface area contributed by atoms with Gasteiger partial charge in [-0.15, -0.1) is 6.58 Å². The van der Waals surface area contributed by atoms with E-state index < -0.39 is 17.1 Å². The zero-order valence-corrected chi connectivity index (χ0v) is 10.7. The van der Waals surface area contributed by atoms with E-state index in [1.165, 1.54) is 6.08 Å².